The zero-order chi connectivity index (χ0) is 10.4. The van der Waals surface area contributed by atoms with Gasteiger partial charge in [0.25, 0.3) is 0 Å². The third kappa shape index (κ3) is 1.18. The van der Waals surface area contributed by atoms with Crippen LogP contribution >= 0.6 is 0 Å². The molecule has 2 radical (unpaired) electrons. The Labute approximate surface area is 90.3 Å². The molecular weight excluding hydrogens is 181 g/mol. The van der Waals surface area contributed by atoms with E-state index in [-0.39, 0.29) is 0 Å². The summed E-state index contributed by atoms with van der Waals surface area (Å²) in [5, 5.41) is 0. The number of fused-ring (bicyclic) bond motifs is 3. The molecule has 0 saturated carbocycles. The summed E-state index contributed by atoms with van der Waals surface area (Å²) in [5.41, 5.74) is 12.4. The van der Waals surface area contributed by atoms with Crippen LogP contribution < -0.4 is 11.2 Å². The molecule has 0 unspecified atom stereocenters. The van der Waals surface area contributed by atoms with E-state index in [9.17, 15) is 0 Å². The molecule has 0 aromatic heterocycles. The average molecular weight is 191 g/mol. The van der Waals surface area contributed by atoms with Gasteiger partial charge in [0, 0.05) is 5.69 Å². The van der Waals surface area contributed by atoms with Crippen LogP contribution in [0.5, 0.6) is 0 Å². The van der Waals surface area contributed by atoms with Crippen LogP contribution in [0.25, 0.3) is 11.1 Å². The van der Waals surface area contributed by atoms with Gasteiger partial charge < -0.3 is 5.73 Å². The molecule has 0 fully saturated rings. The third-order valence-electron chi connectivity index (χ3n) is 2.97. The molecule has 1 aliphatic rings. The van der Waals surface area contributed by atoms with Crippen molar-refractivity contribution in [1.82, 2.24) is 0 Å². The second-order valence-corrected chi connectivity index (χ2v) is 3.97. The summed E-state index contributed by atoms with van der Waals surface area (Å²) in [5.74, 6) is 0. The zero-order valence-corrected chi connectivity index (χ0v) is 8.33. The van der Waals surface area contributed by atoms with Crippen molar-refractivity contribution in [2.45, 2.75) is 6.42 Å². The molecule has 0 saturated heterocycles. The molecule has 0 amide bonds. The van der Waals surface area contributed by atoms with E-state index in [2.05, 4.69) is 12.1 Å². The van der Waals surface area contributed by atoms with Crippen molar-refractivity contribution in [3.05, 3.63) is 47.5 Å². The summed E-state index contributed by atoms with van der Waals surface area (Å²) in [6, 6.07) is 12.1. The lowest BCUT2D eigenvalue weighted by Crippen LogP contribution is -2.06. The number of nitrogens with two attached hydrogens (primary N) is 1. The highest BCUT2D eigenvalue weighted by Gasteiger charge is 2.19. The van der Waals surface area contributed by atoms with E-state index in [4.69, 9.17) is 13.6 Å². The first-order chi connectivity index (χ1) is 7.25. The maximum absolute atomic E-state index is 6.00. The van der Waals surface area contributed by atoms with Gasteiger partial charge in [-0.25, -0.2) is 0 Å². The van der Waals surface area contributed by atoms with Crippen molar-refractivity contribution >= 4 is 19.0 Å². The van der Waals surface area contributed by atoms with Gasteiger partial charge in [-0.1, -0.05) is 29.7 Å². The first kappa shape index (κ1) is 8.60. The van der Waals surface area contributed by atoms with Crippen molar-refractivity contribution in [2.75, 3.05) is 5.73 Å². The third-order valence-corrected chi connectivity index (χ3v) is 2.97. The van der Waals surface area contributed by atoms with Crippen LogP contribution in [0.4, 0.5) is 5.69 Å². The van der Waals surface area contributed by atoms with E-state index in [1.165, 1.54) is 22.3 Å². The fourth-order valence-electron chi connectivity index (χ4n) is 2.28. The van der Waals surface area contributed by atoms with Crippen LogP contribution in [0, 0.1) is 0 Å². The summed E-state index contributed by atoms with van der Waals surface area (Å²) < 4.78 is 0. The molecule has 2 aromatic carbocycles. The normalized spacial score (nSPS) is 12.3. The Morgan fingerprint density at radius 3 is 2.80 bits per heavy atom. The highest BCUT2D eigenvalue weighted by atomic mass is 14.5. The van der Waals surface area contributed by atoms with Gasteiger partial charge in [0.05, 0.1) is 0 Å². The van der Waals surface area contributed by atoms with Crippen molar-refractivity contribution in [3.63, 3.8) is 0 Å². The van der Waals surface area contributed by atoms with Crippen LogP contribution in [0.15, 0.2) is 36.4 Å². The Kier molecular flexibility index (Phi) is 1.66. The van der Waals surface area contributed by atoms with Gasteiger partial charge in [-0.3, -0.25) is 0 Å². The fraction of sp³-hybridized carbons (Fsp3) is 0.0769. The first-order valence-electron chi connectivity index (χ1n) is 5.02. The van der Waals surface area contributed by atoms with E-state index in [0.29, 0.717) is 0 Å². The number of anilines is 1. The Balaban J connectivity index is 2.33. The summed E-state index contributed by atoms with van der Waals surface area (Å²) in [4.78, 5) is 0. The predicted octanol–water partition coefficient (Wildman–Crippen LogP) is 1.63. The standard InChI is InChI=1S/C13H10BN/c14-12-3-1-2-9-6-8-4-5-10(15)7-11(8)13(9)12/h1-5,7H,6,15H2. The van der Waals surface area contributed by atoms with Gasteiger partial charge in [0.15, 0.2) is 0 Å². The minimum atomic E-state index is 0.796. The second kappa shape index (κ2) is 2.90. The Morgan fingerprint density at radius 1 is 1.07 bits per heavy atom. The van der Waals surface area contributed by atoms with Crippen LogP contribution in [0.3, 0.4) is 0 Å². The molecule has 0 aliphatic heterocycles. The van der Waals surface area contributed by atoms with E-state index >= 15 is 0 Å². The molecular formula is C13H10BN. The number of hydrogen-bond donors (Lipinski definition) is 1. The molecule has 0 bridgehead atoms. The van der Waals surface area contributed by atoms with Crippen molar-refractivity contribution in [3.8, 4) is 11.1 Å². The predicted molar refractivity (Wildman–Crippen MR) is 64.5 cm³/mol. The highest BCUT2D eigenvalue weighted by molar-refractivity contribution is 6.36. The van der Waals surface area contributed by atoms with Crippen LogP contribution in [0.1, 0.15) is 11.1 Å². The minimum absolute atomic E-state index is 0.796. The van der Waals surface area contributed by atoms with Gasteiger partial charge in [0.2, 0.25) is 0 Å². The fourth-order valence-corrected chi connectivity index (χ4v) is 2.28. The number of hydrogen-bond acceptors (Lipinski definition) is 1. The first-order valence-corrected chi connectivity index (χ1v) is 5.02. The summed E-state index contributed by atoms with van der Waals surface area (Å²) in [6.07, 6.45) is 0.968. The van der Waals surface area contributed by atoms with Gasteiger partial charge >= 0.3 is 0 Å². The molecule has 1 nitrogen and oxygen atoms in total. The Morgan fingerprint density at radius 2 is 1.93 bits per heavy atom. The smallest absolute Gasteiger partial charge is 0.114 e. The quantitative estimate of drug-likeness (QED) is 0.424. The highest BCUT2D eigenvalue weighted by Crippen LogP contribution is 2.35. The summed E-state index contributed by atoms with van der Waals surface area (Å²) in [7, 11) is 6.00. The summed E-state index contributed by atoms with van der Waals surface area (Å²) in [6.45, 7) is 0. The minimum Gasteiger partial charge on any atom is -0.399 e. The van der Waals surface area contributed by atoms with E-state index in [1.807, 2.05) is 24.3 Å². The maximum Gasteiger partial charge on any atom is 0.114 e. The topological polar surface area (TPSA) is 26.0 Å². The second-order valence-electron chi connectivity index (χ2n) is 3.97. The molecule has 70 valence electrons. The van der Waals surface area contributed by atoms with Crippen LogP contribution in [-0.4, -0.2) is 7.85 Å². The van der Waals surface area contributed by atoms with Crippen LogP contribution in [0.2, 0.25) is 0 Å². The molecule has 3 rings (SSSR count). The average Bonchev–Trinajstić information content (AvgIpc) is 2.57. The largest absolute Gasteiger partial charge is 0.399 e. The molecule has 2 aromatic rings. The molecule has 1 aliphatic carbocycles. The van der Waals surface area contributed by atoms with E-state index < -0.39 is 0 Å². The molecule has 15 heavy (non-hydrogen) atoms. The lowest BCUT2D eigenvalue weighted by atomic mass is 9.87. The molecule has 2 N–H and O–H groups in total. The van der Waals surface area contributed by atoms with Gasteiger partial charge in [-0.05, 0) is 40.8 Å². The molecule has 0 spiro atoms. The van der Waals surface area contributed by atoms with E-state index in [1.54, 1.807) is 0 Å². The number of benzene rings is 2. The van der Waals surface area contributed by atoms with Crippen molar-refractivity contribution < 1.29 is 0 Å². The lowest BCUT2D eigenvalue weighted by Gasteiger charge is -2.05. The SMILES string of the molecule is [B]c1cccc2c1-c1cc(N)ccc1C2. The number of rotatable bonds is 0. The molecule has 2 heteroatoms. The number of nitrogen functional groups attached to an aromatic ring is 1. The Bertz CT molecular complexity index is 546. The van der Waals surface area contributed by atoms with Crippen molar-refractivity contribution in [2.24, 2.45) is 0 Å². The maximum atomic E-state index is 6.00. The van der Waals surface area contributed by atoms with Crippen molar-refractivity contribution in [1.29, 1.82) is 0 Å². The lowest BCUT2D eigenvalue weighted by molar-refractivity contribution is 1.27. The summed E-state index contributed by atoms with van der Waals surface area (Å²) >= 11 is 0. The van der Waals surface area contributed by atoms with E-state index in [0.717, 1.165) is 17.6 Å². The van der Waals surface area contributed by atoms with Crippen LogP contribution in [-0.2, 0) is 6.42 Å². The van der Waals surface area contributed by atoms with Gasteiger partial charge in [0.1, 0.15) is 7.85 Å². The Hall–Kier alpha value is -1.70. The van der Waals surface area contributed by atoms with Gasteiger partial charge in [-0.15, -0.1) is 0 Å². The zero-order valence-electron chi connectivity index (χ0n) is 8.33. The van der Waals surface area contributed by atoms with Gasteiger partial charge in [-0.2, -0.15) is 0 Å². The molecule has 0 heterocycles. The molecule has 0 atom stereocenters. The monoisotopic (exact) mass is 191 g/mol.